The number of allylic oxidation sites excluding steroid dienone is 1. The average Bonchev–Trinajstić information content (AvgIpc) is 2.88. The topological polar surface area (TPSA) is 13.1 Å². The maximum atomic E-state index is 5.39. The fourth-order valence-electron chi connectivity index (χ4n) is 1.91. The van der Waals surface area contributed by atoms with Gasteiger partial charge in [-0.3, -0.25) is 0 Å². The fraction of sp³-hybridized carbons (Fsp3) is 0.0769. The van der Waals surface area contributed by atoms with E-state index >= 15 is 0 Å². The third kappa shape index (κ3) is 1.45. The predicted octanol–water partition coefficient (Wildman–Crippen LogP) is 4.28. The lowest BCUT2D eigenvalue weighted by molar-refractivity contribution is 0.582. The van der Waals surface area contributed by atoms with Gasteiger partial charge in [0.15, 0.2) is 0 Å². The number of fused-ring (bicyclic) bond motifs is 1. The zero-order valence-corrected chi connectivity index (χ0v) is 9.62. The Morgan fingerprint density at radius 1 is 1.27 bits per heavy atom. The first kappa shape index (κ1) is 8.98. The molecule has 0 N–H and O–H groups in total. The minimum absolute atomic E-state index is 0.916. The van der Waals surface area contributed by atoms with E-state index in [1.807, 2.05) is 12.1 Å². The number of rotatable bonds is 1. The average molecular weight is 261 g/mol. The highest BCUT2D eigenvalue weighted by Crippen LogP contribution is 2.33. The highest BCUT2D eigenvalue weighted by Gasteiger charge is 2.12. The molecule has 1 aromatic heterocycles. The number of hydrogen-bond donors (Lipinski definition) is 0. The van der Waals surface area contributed by atoms with Crippen LogP contribution in [-0.4, -0.2) is 0 Å². The number of benzene rings is 1. The predicted molar refractivity (Wildman–Crippen MR) is 64.6 cm³/mol. The first-order valence-corrected chi connectivity index (χ1v) is 5.67. The Balaban J connectivity index is 2.19. The first-order chi connectivity index (χ1) is 7.34. The molecule has 1 aliphatic carbocycles. The van der Waals surface area contributed by atoms with Gasteiger partial charge in [0.05, 0.1) is 6.26 Å². The van der Waals surface area contributed by atoms with Gasteiger partial charge in [0, 0.05) is 10.0 Å². The van der Waals surface area contributed by atoms with E-state index in [1.54, 1.807) is 6.26 Å². The zero-order valence-electron chi connectivity index (χ0n) is 8.03. The van der Waals surface area contributed by atoms with Gasteiger partial charge in [0.25, 0.3) is 0 Å². The monoisotopic (exact) mass is 260 g/mol. The van der Waals surface area contributed by atoms with Crippen molar-refractivity contribution in [3.8, 4) is 11.3 Å². The largest absolute Gasteiger partial charge is 0.464 e. The van der Waals surface area contributed by atoms with Crippen LogP contribution in [0.2, 0.25) is 0 Å². The molecule has 3 rings (SSSR count). The number of halogens is 1. The molecule has 15 heavy (non-hydrogen) atoms. The lowest BCUT2D eigenvalue weighted by Crippen LogP contribution is -1.85. The lowest BCUT2D eigenvalue weighted by Gasteiger charge is -2.05. The van der Waals surface area contributed by atoms with E-state index < -0.39 is 0 Å². The Hall–Kier alpha value is -1.28. The van der Waals surface area contributed by atoms with Crippen LogP contribution in [0.4, 0.5) is 0 Å². The van der Waals surface area contributed by atoms with Gasteiger partial charge in [-0.25, -0.2) is 0 Å². The summed E-state index contributed by atoms with van der Waals surface area (Å²) in [6, 6.07) is 8.17. The van der Waals surface area contributed by atoms with Gasteiger partial charge >= 0.3 is 0 Å². The van der Waals surface area contributed by atoms with Crippen LogP contribution < -0.4 is 0 Å². The van der Waals surface area contributed by atoms with Crippen LogP contribution in [0.3, 0.4) is 0 Å². The highest BCUT2D eigenvalue weighted by molar-refractivity contribution is 9.10. The minimum atomic E-state index is 0.916. The van der Waals surface area contributed by atoms with Crippen LogP contribution in [0.1, 0.15) is 11.1 Å². The molecule has 2 heteroatoms. The molecule has 1 aliphatic rings. The molecule has 0 saturated heterocycles. The van der Waals surface area contributed by atoms with Crippen LogP contribution in [0.15, 0.2) is 45.5 Å². The summed E-state index contributed by atoms with van der Waals surface area (Å²) in [4.78, 5) is 0. The Labute approximate surface area is 96.5 Å². The normalized spacial score (nSPS) is 13.1. The van der Waals surface area contributed by atoms with E-state index in [1.165, 1.54) is 11.1 Å². The maximum Gasteiger partial charge on any atom is 0.133 e. The molecule has 0 aliphatic heterocycles. The molecular formula is C13H9BrO. The Morgan fingerprint density at radius 2 is 2.20 bits per heavy atom. The van der Waals surface area contributed by atoms with Crippen LogP contribution in [0, 0.1) is 0 Å². The molecule has 0 bridgehead atoms. The summed E-state index contributed by atoms with van der Waals surface area (Å²) < 4.78 is 6.55. The third-order valence-electron chi connectivity index (χ3n) is 2.66. The summed E-state index contributed by atoms with van der Waals surface area (Å²) in [6.07, 6.45) is 7.06. The van der Waals surface area contributed by atoms with Crippen molar-refractivity contribution in [2.45, 2.75) is 6.42 Å². The summed E-state index contributed by atoms with van der Waals surface area (Å²) >= 11 is 3.60. The van der Waals surface area contributed by atoms with Crippen molar-refractivity contribution < 1.29 is 4.42 Å². The van der Waals surface area contributed by atoms with Crippen molar-refractivity contribution in [3.63, 3.8) is 0 Å². The second kappa shape index (κ2) is 3.38. The molecule has 0 atom stereocenters. The first-order valence-electron chi connectivity index (χ1n) is 4.87. The molecule has 1 nitrogen and oxygen atoms in total. The van der Waals surface area contributed by atoms with Gasteiger partial charge in [-0.15, -0.1) is 0 Å². The SMILES string of the molecule is Brc1cc(-c2ccco2)cc2c1CC=C2. The lowest BCUT2D eigenvalue weighted by atomic mass is 10.0. The molecule has 2 aromatic rings. The van der Waals surface area contributed by atoms with Gasteiger partial charge in [0.1, 0.15) is 5.76 Å². The second-order valence-electron chi connectivity index (χ2n) is 3.61. The molecule has 1 aromatic carbocycles. The van der Waals surface area contributed by atoms with Crippen molar-refractivity contribution in [1.82, 2.24) is 0 Å². The Morgan fingerprint density at radius 3 is 3.00 bits per heavy atom. The van der Waals surface area contributed by atoms with Gasteiger partial charge < -0.3 is 4.42 Å². The van der Waals surface area contributed by atoms with Crippen LogP contribution in [0.5, 0.6) is 0 Å². The summed E-state index contributed by atoms with van der Waals surface area (Å²) in [5.74, 6) is 0.916. The van der Waals surface area contributed by atoms with Crippen LogP contribution >= 0.6 is 15.9 Å². The zero-order chi connectivity index (χ0) is 10.3. The smallest absolute Gasteiger partial charge is 0.133 e. The van der Waals surface area contributed by atoms with Gasteiger partial charge in [0.2, 0.25) is 0 Å². The molecule has 0 saturated carbocycles. The standard InChI is InChI=1S/C13H9BrO/c14-12-8-10(13-5-2-6-15-13)7-9-3-1-4-11(9)12/h1-3,5-8H,4H2. The van der Waals surface area contributed by atoms with Crippen molar-refractivity contribution in [3.05, 3.63) is 52.2 Å². The molecule has 74 valence electrons. The van der Waals surface area contributed by atoms with Crippen molar-refractivity contribution >= 4 is 22.0 Å². The Kier molecular flexibility index (Phi) is 2.03. The molecule has 0 unspecified atom stereocenters. The maximum absolute atomic E-state index is 5.39. The summed E-state index contributed by atoms with van der Waals surface area (Å²) in [5, 5.41) is 0. The molecule has 1 heterocycles. The summed E-state index contributed by atoms with van der Waals surface area (Å²) in [5.41, 5.74) is 3.78. The van der Waals surface area contributed by atoms with Gasteiger partial charge in [-0.2, -0.15) is 0 Å². The molecule has 0 amide bonds. The van der Waals surface area contributed by atoms with Gasteiger partial charge in [-0.05, 0) is 41.8 Å². The third-order valence-corrected chi connectivity index (χ3v) is 3.36. The Bertz CT molecular complexity index is 524. The van der Waals surface area contributed by atoms with Crippen LogP contribution in [0.25, 0.3) is 17.4 Å². The van der Waals surface area contributed by atoms with E-state index in [2.05, 4.69) is 40.2 Å². The molecule has 0 radical (unpaired) electrons. The summed E-state index contributed by atoms with van der Waals surface area (Å²) in [6.45, 7) is 0. The van der Waals surface area contributed by atoms with Gasteiger partial charge in [-0.1, -0.05) is 28.1 Å². The van der Waals surface area contributed by atoms with Crippen molar-refractivity contribution in [2.75, 3.05) is 0 Å². The van der Waals surface area contributed by atoms with E-state index in [9.17, 15) is 0 Å². The summed E-state index contributed by atoms with van der Waals surface area (Å²) in [7, 11) is 0. The van der Waals surface area contributed by atoms with Crippen molar-refractivity contribution in [1.29, 1.82) is 0 Å². The molecular weight excluding hydrogens is 252 g/mol. The van der Waals surface area contributed by atoms with Crippen LogP contribution in [-0.2, 0) is 6.42 Å². The van der Waals surface area contributed by atoms with E-state index in [0.29, 0.717) is 0 Å². The molecule has 0 spiro atoms. The molecule has 0 fully saturated rings. The minimum Gasteiger partial charge on any atom is -0.464 e. The van der Waals surface area contributed by atoms with Crippen molar-refractivity contribution in [2.24, 2.45) is 0 Å². The van der Waals surface area contributed by atoms with E-state index in [4.69, 9.17) is 4.42 Å². The highest BCUT2D eigenvalue weighted by atomic mass is 79.9. The fourth-order valence-corrected chi connectivity index (χ4v) is 2.55. The van der Waals surface area contributed by atoms with E-state index in [-0.39, 0.29) is 0 Å². The second-order valence-corrected chi connectivity index (χ2v) is 4.46. The number of furan rings is 1. The van der Waals surface area contributed by atoms with E-state index in [0.717, 1.165) is 22.2 Å². The number of hydrogen-bond acceptors (Lipinski definition) is 1. The quantitative estimate of drug-likeness (QED) is 0.746.